The number of unbranched alkanes of at least 4 members (excludes halogenated alkanes) is 43. The molecule has 0 radical (unpaired) electrons. The van der Waals surface area contributed by atoms with Crippen LogP contribution in [-0.2, 0) is 4.79 Å². The van der Waals surface area contributed by atoms with Crippen LogP contribution in [0.5, 0.6) is 0 Å². The van der Waals surface area contributed by atoms with Gasteiger partial charge in [0.25, 0.3) is 0 Å². The first-order valence-electron chi connectivity index (χ1n) is 30.2. The Kier molecular flexibility index (Phi) is 54.7. The van der Waals surface area contributed by atoms with Crippen molar-refractivity contribution < 1.29 is 25.2 Å². The summed E-state index contributed by atoms with van der Waals surface area (Å²) in [4.78, 5) is 12.6. The number of aliphatic hydroxyl groups excluding tert-OH is 4. The van der Waals surface area contributed by atoms with E-state index in [0.29, 0.717) is 12.8 Å². The Morgan fingerprint density at radius 3 is 0.940 bits per heavy atom. The lowest BCUT2D eigenvalue weighted by Crippen LogP contribution is -2.53. The lowest BCUT2D eigenvalue weighted by molar-refractivity contribution is -0.132. The van der Waals surface area contributed by atoms with Crippen molar-refractivity contribution in [3.8, 4) is 0 Å². The molecule has 0 aliphatic heterocycles. The van der Waals surface area contributed by atoms with E-state index in [1.54, 1.807) is 0 Å². The Morgan fingerprint density at radius 1 is 0.373 bits per heavy atom. The molecule has 0 aromatic heterocycles. The van der Waals surface area contributed by atoms with Crippen LogP contribution in [0.1, 0.15) is 328 Å². The molecule has 0 aromatic carbocycles. The molecule has 0 heterocycles. The number of carbonyl (C=O) groups is 1. The maximum Gasteiger partial charge on any atom is 0.249 e. The van der Waals surface area contributed by atoms with Gasteiger partial charge in [-0.15, -0.1) is 0 Å². The third kappa shape index (κ3) is 49.6. The number of aliphatic hydroxyl groups is 4. The maximum absolute atomic E-state index is 12.6. The van der Waals surface area contributed by atoms with Gasteiger partial charge in [0.15, 0.2) is 0 Å². The zero-order valence-corrected chi connectivity index (χ0v) is 45.2. The second-order valence-electron chi connectivity index (χ2n) is 21.1. The van der Waals surface area contributed by atoms with Crippen molar-refractivity contribution in [3.05, 3.63) is 24.3 Å². The van der Waals surface area contributed by atoms with Crippen LogP contribution in [0.2, 0.25) is 0 Å². The normalized spacial score (nSPS) is 13.8. The molecule has 0 saturated carbocycles. The summed E-state index contributed by atoms with van der Waals surface area (Å²) in [6.07, 6.45) is 68.3. The molecule has 0 saturated heterocycles. The van der Waals surface area contributed by atoms with Crippen LogP contribution in [0.3, 0.4) is 0 Å². The fraction of sp³-hybridized carbons (Fsp3) is 0.918. The van der Waals surface area contributed by atoms with Crippen molar-refractivity contribution in [2.75, 3.05) is 6.61 Å². The molecule has 6 nitrogen and oxygen atoms in total. The molecule has 67 heavy (non-hydrogen) atoms. The van der Waals surface area contributed by atoms with Crippen LogP contribution in [0, 0.1) is 0 Å². The maximum atomic E-state index is 12.6. The first-order chi connectivity index (χ1) is 33.0. The minimum absolute atomic E-state index is 0.364. The highest BCUT2D eigenvalue weighted by Gasteiger charge is 2.28. The Bertz CT molecular complexity index is 1020. The molecule has 0 aliphatic rings. The van der Waals surface area contributed by atoms with Crippen LogP contribution < -0.4 is 5.32 Å². The average Bonchev–Trinajstić information content (AvgIpc) is 3.33. The number of hydrogen-bond donors (Lipinski definition) is 5. The van der Waals surface area contributed by atoms with Gasteiger partial charge in [0.05, 0.1) is 18.8 Å². The van der Waals surface area contributed by atoms with Gasteiger partial charge in [0.1, 0.15) is 12.2 Å². The van der Waals surface area contributed by atoms with Crippen molar-refractivity contribution in [1.82, 2.24) is 5.32 Å². The lowest BCUT2D eigenvalue weighted by Gasteiger charge is -2.27. The highest BCUT2D eigenvalue weighted by molar-refractivity contribution is 5.80. The average molecular weight is 947 g/mol. The van der Waals surface area contributed by atoms with E-state index in [-0.39, 0.29) is 0 Å². The summed E-state index contributed by atoms with van der Waals surface area (Å²) in [5, 5.41) is 44.1. The van der Waals surface area contributed by atoms with Crippen molar-refractivity contribution >= 4 is 5.91 Å². The summed E-state index contributed by atoms with van der Waals surface area (Å²) in [7, 11) is 0. The molecule has 0 bridgehead atoms. The number of carbonyl (C=O) groups excluding carboxylic acids is 1. The summed E-state index contributed by atoms with van der Waals surface area (Å²) in [6.45, 7) is 4.09. The summed E-state index contributed by atoms with van der Waals surface area (Å²) in [5.74, 6) is -0.583. The molecule has 398 valence electrons. The predicted molar refractivity (Wildman–Crippen MR) is 293 cm³/mol. The summed E-state index contributed by atoms with van der Waals surface area (Å²) >= 11 is 0. The smallest absolute Gasteiger partial charge is 0.249 e. The molecule has 1 amide bonds. The molecule has 5 N–H and O–H groups in total. The number of allylic oxidation sites excluding steroid dienone is 4. The fourth-order valence-electron chi connectivity index (χ4n) is 9.67. The van der Waals surface area contributed by atoms with E-state index in [2.05, 4.69) is 43.5 Å². The Morgan fingerprint density at radius 2 is 0.642 bits per heavy atom. The quantitative estimate of drug-likeness (QED) is 0.0308. The van der Waals surface area contributed by atoms with E-state index >= 15 is 0 Å². The molecule has 0 fully saturated rings. The van der Waals surface area contributed by atoms with Crippen LogP contribution in [0.25, 0.3) is 0 Å². The van der Waals surface area contributed by atoms with Gasteiger partial charge in [0, 0.05) is 0 Å². The van der Waals surface area contributed by atoms with Crippen LogP contribution in [-0.4, -0.2) is 57.3 Å². The highest BCUT2D eigenvalue weighted by atomic mass is 16.3. The number of amides is 1. The molecule has 0 aliphatic carbocycles. The molecule has 0 rings (SSSR count). The van der Waals surface area contributed by atoms with Crippen molar-refractivity contribution in [1.29, 1.82) is 0 Å². The molecule has 0 spiro atoms. The van der Waals surface area contributed by atoms with Crippen LogP contribution in [0.15, 0.2) is 24.3 Å². The third-order valence-corrected chi connectivity index (χ3v) is 14.4. The van der Waals surface area contributed by atoms with E-state index in [1.165, 1.54) is 257 Å². The van der Waals surface area contributed by atoms with Crippen molar-refractivity contribution in [2.45, 2.75) is 353 Å². The van der Waals surface area contributed by atoms with E-state index < -0.39 is 36.9 Å². The third-order valence-electron chi connectivity index (χ3n) is 14.4. The second-order valence-corrected chi connectivity index (χ2v) is 21.1. The monoisotopic (exact) mass is 946 g/mol. The first kappa shape index (κ1) is 65.8. The molecule has 4 atom stereocenters. The van der Waals surface area contributed by atoms with E-state index in [1.807, 2.05) is 0 Å². The van der Waals surface area contributed by atoms with Crippen molar-refractivity contribution in [3.63, 3.8) is 0 Å². The standard InChI is InChI=1S/C61H119NO5/c1-3-5-7-9-11-13-15-17-19-21-23-25-27-29-30-31-33-34-36-38-40-42-44-46-48-50-52-54-58(64)60(66)57(56-63)62-61(67)59(65)55-53-51-49-47-45-43-41-39-37-35-32-28-26-24-22-20-18-16-14-12-10-8-6-4-2/h24,26,32,35,57-60,63-66H,3-23,25,27-31,33-34,36-56H2,1-2H3,(H,62,67)/b26-24-,35-32-. The lowest BCUT2D eigenvalue weighted by atomic mass is 9.99. The number of nitrogens with one attached hydrogen (secondary N) is 1. The molecule has 0 aromatic rings. The Labute approximate surface area is 418 Å². The van der Waals surface area contributed by atoms with Gasteiger partial charge < -0.3 is 25.7 Å². The Hall–Kier alpha value is -1.21. The molecular weight excluding hydrogens is 827 g/mol. The van der Waals surface area contributed by atoms with Gasteiger partial charge in [-0.25, -0.2) is 0 Å². The second kappa shape index (κ2) is 55.7. The zero-order chi connectivity index (χ0) is 48.8. The van der Waals surface area contributed by atoms with Gasteiger partial charge in [-0.1, -0.05) is 308 Å². The van der Waals surface area contributed by atoms with E-state index in [4.69, 9.17) is 0 Å². The minimum Gasteiger partial charge on any atom is -0.394 e. The Balaban J connectivity index is 3.60. The molecule has 4 unspecified atom stereocenters. The van der Waals surface area contributed by atoms with Gasteiger partial charge in [-0.3, -0.25) is 4.79 Å². The SMILES string of the molecule is CCCCCCCCCCC/C=C\C/C=C\CCCCCCCCCCC(O)C(=O)NC(CO)C(O)C(O)CCCCCCCCCCCCCCCCCCCCCCCCCCCCC. The van der Waals surface area contributed by atoms with Gasteiger partial charge in [-0.05, 0) is 44.9 Å². The predicted octanol–water partition coefficient (Wildman–Crippen LogP) is 17.8. The van der Waals surface area contributed by atoms with Gasteiger partial charge in [-0.2, -0.15) is 0 Å². The minimum atomic E-state index is -1.26. The van der Waals surface area contributed by atoms with Gasteiger partial charge >= 0.3 is 0 Å². The van der Waals surface area contributed by atoms with Crippen molar-refractivity contribution in [2.24, 2.45) is 0 Å². The molecular formula is C61H119NO5. The molecule has 6 heteroatoms. The largest absolute Gasteiger partial charge is 0.394 e. The van der Waals surface area contributed by atoms with Crippen LogP contribution in [0.4, 0.5) is 0 Å². The summed E-state index contributed by atoms with van der Waals surface area (Å²) in [6, 6.07) is -0.988. The van der Waals surface area contributed by atoms with E-state index in [9.17, 15) is 25.2 Å². The zero-order valence-electron chi connectivity index (χ0n) is 45.2. The fourth-order valence-corrected chi connectivity index (χ4v) is 9.67. The highest BCUT2D eigenvalue weighted by Crippen LogP contribution is 2.18. The van der Waals surface area contributed by atoms with Gasteiger partial charge in [0.2, 0.25) is 5.91 Å². The first-order valence-corrected chi connectivity index (χ1v) is 30.2. The number of hydrogen-bond acceptors (Lipinski definition) is 5. The van der Waals surface area contributed by atoms with Crippen LogP contribution >= 0.6 is 0 Å². The number of rotatable bonds is 56. The topological polar surface area (TPSA) is 110 Å². The summed E-state index contributed by atoms with van der Waals surface area (Å²) in [5.41, 5.74) is 0. The summed E-state index contributed by atoms with van der Waals surface area (Å²) < 4.78 is 0. The van der Waals surface area contributed by atoms with E-state index in [0.717, 1.165) is 44.9 Å².